The van der Waals surface area contributed by atoms with E-state index in [1.165, 1.54) is 0 Å². The maximum Gasteiger partial charge on any atom is 0.202 e. The highest BCUT2D eigenvalue weighted by Crippen LogP contribution is 2.05. The molecular weight excluding hydrogens is 238 g/mol. The predicted molar refractivity (Wildman–Crippen MR) is 70.8 cm³/mol. The Balaban J connectivity index is 2.32. The number of aromatic nitrogens is 2. The molecular formula is C11H21N3O2S. The molecule has 1 atom stereocenters. The topological polar surface area (TPSA) is 56.2 Å². The second kappa shape index (κ2) is 8.25. The van der Waals surface area contributed by atoms with Gasteiger partial charge in [0.2, 0.25) is 5.95 Å². The van der Waals surface area contributed by atoms with Gasteiger partial charge in [0.05, 0.1) is 0 Å². The van der Waals surface area contributed by atoms with Gasteiger partial charge in [-0.2, -0.15) is 0 Å². The largest absolute Gasteiger partial charge is 0.385 e. The molecule has 0 aliphatic rings. The van der Waals surface area contributed by atoms with E-state index in [1.54, 1.807) is 13.3 Å². The Morgan fingerprint density at radius 3 is 3.12 bits per heavy atom. The highest BCUT2D eigenvalue weighted by atomic mass is 32.2. The van der Waals surface area contributed by atoms with Crippen molar-refractivity contribution in [2.75, 3.05) is 37.1 Å². The Kier molecular flexibility index (Phi) is 6.88. The fraction of sp³-hybridized carbons (Fsp3) is 0.727. The maximum atomic E-state index is 11.3. The van der Waals surface area contributed by atoms with Crippen LogP contribution in [0.4, 0.5) is 5.95 Å². The van der Waals surface area contributed by atoms with Gasteiger partial charge in [-0.05, 0) is 6.42 Å². The van der Waals surface area contributed by atoms with E-state index < -0.39 is 10.8 Å². The first-order chi connectivity index (χ1) is 8.27. The van der Waals surface area contributed by atoms with Gasteiger partial charge in [0.25, 0.3) is 0 Å². The zero-order chi connectivity index (χ0) is 12.5. The fourth-order valence-corrected chi connectivity index (χ4v) is 2.08. The van der Waals surface area contributed by atoms with Crippen molar-refractivity contribution in [3.05, 3.63) is 12.4 Å². The second-order valence-electron chi connectivity index (χ2n) is 3.65. The van der Waals surface area contributed by atoms with Crippen molar-refractivity contribution in [1.82, 2.24) is 9.55 Å². The Hall–Kier alpha value is -0.880. The lowest BCUT2D eigenvalue weighted by atomic mass is 10.4. The number of ether oxygens (including phenoxy) is 1. The van der Waals surface area contributed by atoms with Crippen LogP contribution in [-0.4, -0.2) is 45.5 Å². The van der Waals surface area contributed by atoms with Gasteiger partial charge in [-0.1, -0.05) is 6.92 Å². The van der Waals surface area contributed by atoms with E-state index in [4.69, 9.17) is 4.74 Å². The number of rotatable bonds is 9. The van der Waals surface area contributed by atoms with Crippen LogP contribution >= 0.6 is 0 Å². The zero-order valence-electron chi connectivity index (χ0n) is 10.5. The molecule has 0 saturated carbocycles. The van der Waals surface area contributed by atoms with Gasteiger partial charge in [-0.3, -0.25) is 4.21 Å². The number of aryl methyl sites for hydroxylation is 1. The average molecular weight is 259 g/mol. The molecule has 6 heteroatoms. The summed E-state index contributed by atoms with van der Waals surface area (Å²) in [5, 5.41) is 3.20. The average Bonchev–Trinajstić information content (AvgIpc) is 2.77. The van der Waals surface area contributed by atoms with Crippen molar-refractivity contribution in [1.29, 1.82) is 0 Å². The normalized spacial score (nSPS) is 12.6. The van der Waals surface area contributed by atoms with E-state index in [9.17, 15) is 4.21 Å². The van der Waals surface area contributed by atoms with Crippen molar-refractivity contribution in [3.8, 4) is 0 Å². The fourth-order valence-electron chi connectivity index (χ4n) is 1.46. The third kappa shape index (κ3) is 5.32. The van der Waals surface area contributed by atoms with Crippen molar-refractivity contribution in [2.24, 2.45) is 0 Å². The molecule has 0 aliphatic heterocycles. The lowest BCUT2D eigenvalue weighted by molar-refractivity contribution is 0.190. The van der Waals surface area contributed by atoms with Gasteiger partial charge >= 0.3 is 0 Å². The molecule has 1 unspecified atom stereocenters. The molecule has 1 rings (SSSR count). The Morgan fingerprint density at radius 2 is 2.41 bits per heavy atom. The van der Waals surface area contributed by atoms with Crippen LogP contribution in [0.3, 0.4) is 0 Å². The summed E-state index contributed by atoms with van der Waals surface area (Å²) in [7, 11) is 0.980. The molecule has 0 aliphatic carbocycles. The first kappa shape index (κ1) is 14.2. The van der Waals surface area contributed by atoms with E-state index in [0.717, 1.165) is 25.5 Å². The highest BCUT2D eigenvalue weighted by Gasteiger charge is 2.02. The van der Waals surface area contributed by atoms with Gasteiger partial charge in [-0.15, -0.1) is 0 Å². The summed E-state index contributed by atoms with van der Waals surface area (Å²) in [4.78, 5) is 4.23. The molecule has 0 amide bonds. The van der Waals surface area contributed by atoms with Crippen molar-refractivity contribution in [2.45, 2.75) is 19.9 Å². The monoisotopic (exact) mass is 259 g/mol. The van der Waals surface area contributed by atoms with Crippen LogP contribution in [-0.2, 0) is 22.1 Å². The van der Waals surface area contributed by atoms with Crippen LogP contribution in [0.1, 0.15) is 13.3 Å². The maximum absolute atomic E-state index is 11.3. The summed E-state index contributed by atoms with van der Waals surface area (Å²) in [5.74, 6) is 2.22. The van der Waals surface area contributed by atoms with Crippen molar-refractivity contribution >= 4 is 16.7 Å². The molecule has 5 nitrogen and oxygen atoms in total. The Morgan fingerprint density at radius 1 is 1.59 bits per heavy atom. The van der Waals surface area contributed by atoms with Crippen molar-refractivity contribution in [3.63, 3.8) is 0 Å². The molecule has 98 valence electrons. The third-order valence-electron chi connectivity index (χ3n) is 2.40. The molecule has 0 aromatic carbocycles. The molecule has 1 aromatic rings. The van der Waals surface area contributed by atoms with Gasteiger partial charge in [0.15, 0.2) is 0 Å². The smallest absolute Gasteiger partial charge is 0.202 e. The minimum atomic E-state index is -0.721. The van der Waals surface area contributed by atoms with Gasteiger partial charge in [0, 0.05) is 61.5 Å². The molecule has 1 heterocycles. The van der Waals surface area contributed by atoms with Crippen LogP contribution < -0.4 is 5.32 Å². The summed E-state index contributed by atoms with van der Waals surface area (Å²) in [6.07, 6.45) is 4.67. The van der Waals surface area contributed by atoms with E-state index >= 15 is 0 Å². The van der Waals surface area contributed by atoms with Gasteiger partial charge in [-0.25, -0.2) is 4.98 Å². The number of hydrogen-bond donors (Lipinski definition) is 1. The van der Waals surface area contributed by atoms with E-state index in [1.807, 2.05) is 17.7 Å². The molecule has 0 saturated heterocycles. The van der Waals surface area contributed by atoms with Crippen LogP contribution in [0.2, 0.25) is 0 Å². The predicted octanol–water partition coefficient (Wildman–Crippen LogP) is 1.10. The molecule has 1 N–H and O–H groups in total. The second-order valence-corrected chi connectivity index (χ2v) is 5.52. The van der Waals surface area contributed by atoms with Gasteiger partial charge in [0.1, 0.15) is 0 Å². The van der Waals surface area contributed by atoms with E-state index in [0.29, 0.717) is 18.1 Å². The SMILES string of the molecule is CCS(=O)CCNc1nccn1CCCOC. The third-order valence-corrected chi connectivity index (χ3v) is 3.70. The zero-order valence-corrected chi connectivity index (χ0v) is 11.3. The number of nitrogens with one attached hydrogen (secondary N) is 1. The summed E-state index contributed by atoms with van der Waals surface area (Å²) in [5.41, 5.74) is 0. The van der Waals surface area contributed by atoms with E-state index in [-0.39, 0.29) is 0 Å². The first-order valence-electron chi connectivity index (χ1n) is 5.86. The lowest BCUT2D eigenvalue weighted by Gasteiger charge is -2.09. The molecule has 0 radical (unpaired) electrons. The van der Waals surface area contributed by atoms with Crippen molar-refractivity contribution < 1.29 is 8.95 Å². The summed E-state index contributed by atoms with van der Waals surface area (Å²) >= 11 is 0. The van der Waals surface area contributed by atoms with E-state index in [2.05, 4.69) is 10.3 Å². The standard InChI is InChI=1S/C11H21N3O2S/c1-3-17(15)10-6-13-11-12-5-8-14(11)7-4-9-16-2/h5,8H,3-4,6-7,9-10H2,1-2H3,(H,12,13). The number of methoxy groups -OCH3 is 1. The highest BCUT2D eigenvalue weighted by molar-refractivity contribution is 7.84. The lowest BCUT2D eigenvalue weighted by Crippen LogP contribution is -2.15. The molecule has 0 fully saturated rings. The number of nitrogens with zero attached hydrogens (tertiary/aromatic N) is 2. The minimum Gasteiger partial charge on any atom is -0.385 e. The van der Waals surface area contributed by atoms with Gasteiger partial charge < -0.3 is 14.6 Å². The van der Waals surface area contributed by atoms with Crippen LogP contribution in [0, 0.1) is 0 Å². The summed E-state index contributed by atoms with van der Waals surface area (Å²) < 4.78 is 18.3. The van der Waals surface area contributed by atoms with Crippen LogP contribution in [0.5, 0.6) is 0 Å². The Labute approximate surface area is 105 Å². The van der Waals surface area contributed by atoms with Crippen LogP contribution in [0.15, 0.2) is 12.4 Å². The molecule has 0 spiro atoms. The number of anilines is 1. The molecule has 1 aromatic heterocycles. The summed E-state index contributed by atoms with van der Waals surface area (Å²) in [6, 6.07) is 0. The Bertz CT molecular complexity index is 341. The van der Waals surface area contributed by atoms with Crippen LogP contribution in [0.25, 0.3) is 0 Å². The summed E-state index contributed by atoms with van der Waals surface area (Å²) in [6.45, 7) is 4.26. The quantitative estimate of drug-likeness (QED) is 0.675. The number of hydrogen-bond acceptors (Lipinski definition) is 4. The molecule has 17 heavy (non-hydrogen) atoms. The first-order valence-corrected chi connectivity index (χ1v) is 7.35. The minimum absolute atomic E-state index is 0.668. The molecule has 0 bridgehead atoms. The number of imidazole rings is 1.